The molecule has 2 aromatic heterocycles. The van der Waals surface area contributed by atoms with E-state index in [1.807, 2.05) is 24.4 Å². The molecule has 0 saturated carbocycles. The second-order valence-corrected chi connectivity index (χ2v) is 6.64. The highest BCUT2D eigenvalue weighted by molar-refractivity contribution is 7.22. The molecule has 0 N–H and O–H groups in total. The van der Waals surface area contributed by atoms with Gasteiger partial charge in [0.2, 0.25) is 0 Å². The first-order valence-electron chi connectivity index (χ1n) is 7.44. The molecule has 0 aliphatic carbocycles. The van der Waals surface area contributed by atoms with E-state index in [4.69, 9.17) is 9.72 Å². The maximum Gasteiger partial charge on any atom is 0.186 e. The molecule has 22 heavy (non-hydrogen) atoms. The largest absolute Gasteiger partial charge is 0.497 e. The highest BCUT2D eigenvalue weighted by Crippen LogP contribution is 2.32. The molecule has 1 aliphatic rings. The van der Waals surface area contributed by atoms with Crippen molar-refractivity contribution in [2.75, 3.05) is 19.1 Å². The van der Waals surface area contributed by atoms with Gasteiger partial charge in [-0.15, -0.1) is 0 Å². The summed E-state index contributed by atoms with van der Waals surface area (Å²) >= 11 is 1.70. The lowest BCUT2D eigenvalue weighted by molar-refractivity contribution is 0.415. The van der Waals surface area contributed by atoms with Crippen LogP contribution in [0.2, 0.25) is 0 Å². The number of nitrogens with zero attached hydrogens (tertiary/aromatic N) is 4. The van der Waals surface area contributed by atoms with Crippen molar-refractivity contribution in [3.8, 4) is 5.75 Å². The zero-order valence-electron chi connectivity index (χ0n) is 12.7. The van der Waals surface area contributed by atoms with Gasteiger partial charge in [-0.1, -0.05) is 11.3 Å². The van der Waals surface area contributed by atoms with Crippen LogP contribution in [-0.2, 0) is 19.5 Å². The van der Waals surface area contributed by atoms with Gasteiger partial charge in [0.1, 0.15) is 5.75 Å². The van der Waals surface area contributed by atoms with Crippen molar-refractivity contribution in [2.45, 2.75) is 25.9 Å². The topological polar surface area (TPSA) is 43.2 Å². The number of benzene rings is 1. The average Bonchev–Trinajstić information content (AvgIpc) is 3.22. The maximum atomic E-state index is 5.28. The van der Waals surface area contributed by atoms with E-state index in [1.165, 1.54) is 17.7 Å². The summed E-state index contributed by atoms with van der Waals surface area (Å²) in [4.78, 5) is 6.93. The Morgan fingerprint density at radius 3 is 3.18 bits per heavy atom. The highest BCUT2D eigenvalue weighted by Gasteiger charge is 2.18. The first kappa shape index (κ1) is 13.6. The van der Waals surface area contributed by atoms with Crippen LogP contribution in [0.15, 0.2) is 24.4 Å². The standard InChI is InChI=1S/C16H18N4OS/c1-19(10-11-9-17-20-7-3-4-14(11)20)16-18-13-6-5-12(21-2)8-15(13)22-16/h5-6,8-9H,3-4,7,10H2,1-2H3. The molecule has 0 saturated heterocycles. The van der Waals surface area contributed by atoms with Crippen molar-refractivity contribution >= 4 is 26.7 Å². The zero-order chi connectivity index (χ0) is 15.1. The monoisotopic (exact) mass is 314 g/mol. The number of anilines is 1. The number of thiazole rings is 1. The fourth-order valence-electron chi connectivity index (χ4n) is 2.97. The van der Waals surface area contributed by atoms with Gasteiger partial charge < -0.3 is 9.64 Å². The summed E-state index contributed by atoms with van der Waals surface area (Å²) in [5, 5.41) is 5.49. The van der Waals surface area contributed by atoms with E-state index in [0.29, 0.717) is 0 Å². The minimum atomic E-state index is 0.853. The third-order valence-corrected chi connectivity index (χ3v) is 5.27. The molecule has 0 amide bonds. The van der Waals surface area contributed by atoms with Gasteiger partial charge in [0.25, 0.3) is 0 Å². The van der Waals surface area contributed by atoms with Gasteiger partial charge in [0.15, 0.2) is 5.13 Å². The smallest absolute Gasteiger partial charge is 0.186 e. The summed E-state index contributed by atoms with van der Waals surface area (Å²) in [5.41, 5.74) is 3.72. The van der Waals surface area contributed by atoms with Crippen LogP contribution in [0.3, 0.4) is 0 Å². The fraction of sp³-hybridized carbons (Fsp3) is 0.375. The van der Waals surface area contributed by atoms with Gasteiger partial charge in [-0.05, 0) is 31.0 Å². The SMILES string of the molecule is COc1ccc2nc(N(C)Cc3cnn4c3CCC4)sc2c1. The third-order valence-electron chi connectivity index (χ3n) is 4.14. The van der Waals surface area contributed by atoms with Gasteiger partial charge >= 0.3 is 0 Å². The lowest BCUT2D eigenvalue weighted by Gasteiger charge is -2.15. The minimum Gasteiger partial charge on any atom is -0.497 e. The van der Waals surface area contributed by atoms with Gasteiger partial charge in [0, 0.05) is 31.4 Å². The summed E-state index contributed by atoms with van der Waals surface area (Å²) in [6.07, 6.45) is 4.35. The molecular weight excluding hydrogens is 296 g/mol. The van der Waals surface area contributed by atoms with Gasteiger partial charge in [-0.3, -0.25) is 4.68 Å². The summed E-state index contributed by atoms with van der Waals surface area (Å²) in [6.45, 7) is 1.91. The summed E-state index contributed by atoms with van der Waals surface area (Å²) in [7, 11) is 3.78. The molecule has 0 bridgehead atoms. The second kappa shape index (κ2) is 5.28. The molecule has 4 rings (SSSR count). The predicted molar refractivity (Wildman–Crippen MR) is 88.8 cm³/mol. The Balaban J connectivity index is 1.60. The number of rotatable bonds is 4. The second-order valence-electron chi connectivity index (χ2n) is 5.63. The molecular formula is C16H18N4OS. The molecule has 0 spiro atoms. The van der Waals surface area contributed by atoms with Crippen LogP contribution in [0.5, 0.6) is 5.75 Å². The van der Waals surface area contributed by atoms with Crippen LogP contribution in [0, 0.1) is 0 Å². The first-order chi connectivity index (χ1) is 10.7. The van der Waals surface area contributed by atoms with Gasteiger partial charge in [-0.25, -0.2) is 4.98 Å². The lowest BCUT2D eigenvalue weighted by Crippen LogP contribution is -2.16. The predicted octanol–water partition coefficient (Wildman–Crippen LogP) is 3.08. The Morgan fingerprint density at radius 1 is 1.41 bits per heavy atom. The van der Waals surface area contributed by atoms with Crippen molar-refractivity contribution in [3.05, 3.63) is 35.7 Å². The first-order valence-corrected chi connectivity index (χ1v) is 8.25. The van der Waals surface area contributed by atoms with Crippen LogP contribution < -0.4 is 9.64 Å². The minimum absolute atomic E-state index is 0.853. The van der Waals surface area contributed by atoms with Crippen molar-refractivity contribution in [3.63, 3.8) is 0 Å². The molecule has 3 aromatic rings. The molecule has 0 radical (unpaired) electrons. The van der Waals surface area contributed by atoms with Crippen LogP contribution in [-0.4, -0.2) is 28.9 Å². The molecule has 0 atom stereocenters. The van der Waals surface area contributed by atoms with Crippen LogP contribution in [0.4, 0.5) is 5.13 Å². The van der Waals surface area contributed by atoms with Crippen LogP contribution in [0.1, 0.15) is 17.7 Å². The Kier molecular flexibility index (Phi) is 3.26. The molecule has 0 unspecified atom stereocenters. The number of aromatic nitrogens is 3. The van der Waals surface area contributed by atoms with Crippen molar-refractivity contribution < 1.29 is 4.74 Å². The lowest BCUT2D eigenvalue weighted by atomic mass is 10.2. The zero-order valence-corrected chi connectivity index (χ0v) is 13.6. The van der Waals surface area contributed by atoms with E-state index in [9.17, 15) is 0 Å². The summed E-state index contributed by atoms with van der Waals surface area (Å²) in [6, 6.07) is 6.01. The number of aryl methyl sites for hydroxylation is 1. The van der Waals surface area contributed by atoms with E-state index in [2.05, 4.69) is 21.7 Å². The van der Waals surface area contributed by atoms with Crippen molar-refractivity contribution in [1.29, 1.82) is 0 Å². The summed E-state index contributed by atoms with van der Waals surface area (Å²) in [5.74, 6) is 0.875. The Hall–Kier alpha value is -2.08. The molecule has 0 fully saturated rings. The molecule has 1 aliphatic heterocycles. The van der Waals surface area contributed by atoms with E-state index in [0.717, 1.165) is 40.6 Å². The average molecular weight is 314 g/mol. The molecule has 5 nitrogen and oxygen atoms in total. The number of methoxy groups -OCH3 is 1. The number of hydrogen-bond donors (Lipinski definition) is 0. The summed E-state index contributed by atoms with van der Waals surface area (Å²) < 4.78 is 8.57. The van der Waals surface area contributed by atoms with E-state index >= 15 is 0 Å². The van der Waals surface area contributed by atoms with Gasteiger partial charge in [0.05, 0.1) is 23.5 Å². The van der Waals surface area contributed by atoms with Crippen molar-refractivity contribution in [2.24, 2.45) is 0 Å². The molecule has 114 valence electrons. The number of ether oxygens (including phenoxy) is 1. The van der Waals surface area contributed by atoms with E-state index < -0.39 is 0 Å². The fourth-order valence-corrected chi connectivity index (χ4v) is 3.92. The number of hydrogen-bond acceptors (Lipinski definition) is 5. The molecule has 3 heterocycles. The Bertz CT molecular complexity index is 823. The van der Waals surface area contributed by atoms with E-state index in [-0.39, 0.29) is 0 Å². The third kappa shape index (κ3) is 2.23. The Labute approximate surface area is 133 Å². The number of fused-ring (bicyclic) bond motifs is 2. The maximum absolute atomic E-state index is 5.28. The van der Waals surface area contributed by atoms with Crippen LogP contribution >= 0.6 is 11.3 Å². The highest BCUT2D eigenvalue weighted by atomic mass is 32.1. The van der Waals surface area contributed by atoms with Crippen molar-refractivity contribution in [1.82, 2.24) is 14.8 Å². The molecule has 1 aromatic carbocycles. The van der Waals surface area contributed by atoms with E-state index in [1.54, 1.807) is 18.4 Å². The van der Waals surface area contributed by atoms with Crippen LogP contribution in [0.25, 0.3) is 10.2 Å². The van der Waals surface area contributed by atoms with Gasteiger partial charge in [-0.2, -0.15) is 5.10 Å². The Morgan fingerprint density at radius 2 is 2.32 bits per heavy atom. The molecule has 6 heteroatoms. The normalized spacial score (nSPS) is 13.5. The quantitative estimate of drug-likeness (QED) is 0.742.